The Bertz CT molecular complexity index is 688. The number of pyridine rings is 1. The van der Waals surface area contributed by atoms with Gasteiger partial charge in [0.2, 0.25) is 5.91 Å². The summed E-state index contributed by atoms with van der Waals surface area (Å²) in [6, 6.07) is 3.97. The molecule has 1 aliphatic rings. The second-order valence-electron chi connectivity index (χ2n) is 6.91. The zero-order valence-corrected chi connectivity index (χ0v) is 15.8. The lowest BCUT2D eigenvalue weighted by Gasteiger charge is -2.21. The minimum Gasteiger partial charge on any atom is -0.342 e. The van der Waals surface area contributed by atoms with Gasteiger partial charge in [0, 0.05) is 49.9 Å². The largest absolute Gasteiger partial charge is 0.342 e. The van der Waals surface area contributed by atoms with Crippen LogP contribution in [0.5, 0.6) is 0 Å². The molecule has 3 heterocycles. The molecule has 134 valence electrons. The predicted molar refractivity (Wildman–Crippen MR) is 100 cm³/mol. The zero-order valence-electron chi connectivity index (χ0n) is 15.0. The molecule has 0 aromatic carbocycles. The van der Waals surface area contributed by atoms with Crippen molar-refractivity contribution in [2.24, 2.45) is 5.92 Å². The molecule has 2 aromatic rings. The maximum absolute atomic E-state index is 12.4. The number of carbonyl (C=O) groups is 1. The highest BCUT2D eigenvalue weighted by Gasteiger charge is 2.26. The molecule has 1 saturated heterocycles. The Kier molecular flexibility index (Phi) is 6.15. The van der Waals surface area contributed by atoms with Crippen molar-refractivity contribution in [3.05, 3.63) is 46.2 Å². The number of likely N-dealkylation sites (tertiary alicyclic amines) is 1. The van der Waals surface area contributed by atoms with E-state index in [0.717, 1.165) is 44.7 Å². The molecular weight excluding hydrogens is 332 g/mol. The molecule has 3 rings (SSSR count). The molecule has 25 heavy (non-hydrogen) atoms. The summed E-state index contributed by atoms with van der Waals surface area (Å²) in [5.74, 6) is 0.850. The SMILES string of the molecule is Cc1ncsc1CN(C)C[C@H]1CCN(C(=O)CCc2ccncc2)C1. The first-order valence-corrected chi connectivity index (χ1v) is 9.74. The highest BCUT2D eigenvalue weighted by atomic mass is 32.1. The van der Waals surface area contributed by atoms with Crippen molar-refractivity contribution in [1.82, 2.24) is 19.8 Å². The van der Waals surface area contributed by atoms with Crippen LogP contribution in [0.1, 0.15) is 29.0 Å². The van der Waals surface area contributed by atoms with Gasteiger partial charge in [-0.2, -0.15) is 0 Å². The molecular formula is C19H26N4OS. The van der Waals surface area contributed by atoms with Gasteiger partial charge in [0.05, 0.1) is 11.2 Å². The number of aryl methyl sites for hydroxylation is 2. The van der Waals surface area contributed by atoms with Crippen molar-refractivity contribution < 1.29 is 4.79 Å². The molecule has 5 nitrogen and oxygen atoms in total. The lowest BCUT2D eigenvalue weighted by atomic mass is 10.1. The fraction of sp³-hybridized carbons (Fsp3) is 0.526. The summed E-state index contributed by atoms with van der Waals surface area (Å²) in [5.41, 5.74) is 4.23. The van der Waals surface area contributed by atoms with Gasteiger partial charge in [0.1, 0.15) is 0 Å². The average molecular weight is 359 g/mol. The molecule has 1 atom stereocenters. The van der Waals surface area contributed by atoms with Crippen molar-refractivity contribution in [2.75, 3.05) is 26.7 Å². The fourth-order valence-electron chi connectivity index (χ4n) is 3.40. The number of hydrogen-bond donors (Lipinski definition) is 0. The van der Waals surface area contributed by atoms with E-state index in [1.807, 2.05) is 22.5 Å². The third kappa shape index (κ3) is 5.09. The Morgan fingerprint density at radius 2 is 2.20 bits per heavy atom. The quantitative estimate of drug-likeness (QED) is 0.764. The van der Waals surface area contributed by atoms with Crippen LogP contribution in [0.25, 0.3) is 0 Å². The minimum atomic E-state index is 0.278. The third-order valence-electron chi connectivity index (χ3n) is 4.84. The maximum atomic E-state index is 12.4. The first-order chi connectivity index (χ1) is 12.1. The number of aromatic nitrogens is 2. The maximum Gasteiger partial charge on any atom is 0.222 e. The summed E-state index contributed by atoms with van der Waals surface area (Å²) in [5, 5.41) is 0. The van der Waals surface area contributed by atoms with E-state index < -0.39 is 0 Å². The van der Waals surface area contributed by atoms with Gasteiger partial charge in [-0.1, -0.05) is 0 Å². The van der Waals surface area contributed by atoms with E-state index in [0.29, 0.717) is 12.3 Å². The predicted octanol–water partition coefficient (Wildman–Crippen LogP) is 2.76. The minimum absolute atomic E-state index is 0.278. The second kappa shape index (κ2) is 8.54. The highest BCUT2D eigenvalue weighted by Crippen LogP contribution is 2.20. The number of thiazole rings is 1. The molecule has 2 aromatic heterocycles. The van der Waals surface area contributed by atoms with Gasteiger partial charge in [0.15, 0.2) is 0 Å². The third-order valence-corrected chi connectivity index (χ3v) is 5.76. The molecule has 0 aliphatic carbocycles. The van der Waals surface area contributed by atoms with Crippen molar-refractivity contribution in [3.63, 3.8) is 0 Å². The summed E-state index contributed by atoms with van der Waals surface area (Å²) >= 11 is 1.72. The van der Waals surface area contributed by atoms with E-state index in [1.54, 1.807) is 23.7 Å². The van der Waals surface area contributed by atoms with E-state index in [2.05, 4.69) is 28.8 Å². The van der Waals surface area contributed by atoms with Gasteiger partial charge in [-0.25, -0.2) is 4.98 Å². The normalized spacial score (nSPS) is 17.4. The molecule has 1 amide bonds. The van der Waals surface area contributed by atoms with Crippen molar-refractivity contribution in [3.8, 4) is 0 Å². The molecule has 0 unspecified atom stereocenters. The molecule has 0 N–H and O–H groups in total. The van der Waals surface area contributed by atoms with Crippen molar-refractivity contribution in [2.45, 2.75) is 32.7 Å². The van der Waals surface area contributed by atoms with Gasteiger partial charge >= 0.3 is 0 Å². The van der Waals surface area contributed by atoms with Crippen LogP contribution >= 0.6 is 11.3 Å². The Hall–Kier alpha value is -1.79. The van der Waals surface area contributed by atoms with Crippen LogP contribution in [0.4, 0.5) is 0 Å². The van der Waals surface area contributed by atoms with Crippen LogP contribution in [0.15, 0.2) is 30.0 Å². The Morgan fingerprint density at radius 1 is 1.40 bits per heavy atom. The van der Waals surface area contributed by atoms with Crippen LogP contribution < -0.4 is 0 Å². The Morgan fingerprint density at radius 3 is 2.92 bits per heavy atom. The first-order valence-electron chi connectivity index (χ1n) is 8.86. The zero-order chi connectivity index (χ0) is 17.6. The number of hydrogen-bond acceptors (Lipinski definition) is 5. The monoisotopic (exact) mass is 358 g/mol. The average Bonchev–Trinajstić information content (AvgIpc) is 3.23. The summed E-state index contributed by atoms with van der Waals surface area (Å²) in [4.78, 5) is 26.5. The number of amides is 1. The van der Waals surface area contributed by atoms with E-state index in [9.17, 15) is 4.79 Å². The summed E-state index contributed by atoms with van der Waals surface area (Å²) in [6.45, 7) is 5.83. The Balaban J connectivity index is 1.41. The highest BCUT2D eigenvalue weighted by molar-refractivity contribution is 7.09. The van der Waals surface area contributed by atoms with E-state index >= 15 is 0 Å². The van der Waals surface area contributed by atoms with Crippen LogP contribution in [0.3, 0.4) is 0 Å². The van der Waals surface area contributed by atoms with Crippen molar-refractivity contribution >= 4 is 17.2 Å². The molecule has 6 heteroatoms. The van der Waals surface area contributed by atoms with Gasteiger partial charge in [-0.05, 0) is 50.4 Å². The van der Waals surface area contributed by atoms with Gasteiger partial charge in [0.25, 0.3) is 0 Å². The van der Waals surface area contributed by atoms with E-state index in [-0.39, 0.29) is 5.91 Å². The van der Waals surface area contributed by atoms with Gasteiger partial charge in [-0.15, -0.1) is 11.3 Å². The number of carbonyl (C=O) groups excluding carboxylic acids is 1. The topological polar surface area (TPSA) is 49.3 Å². The summed E-state index contributed by atoms with van der Waals surface area (Å²) in [7, 11) is 2.16. The summed E-state index contributed by atoms with van der Waals surface area (Å²) in [6.07, 6.45) is 6.06. The molecule has 0 radical (unpaired) electrons. The van der Waals surface area contributed by atoms with Crippen LogP contribution in [-0.2, 0) is 17.8 Å². The number of rotatable bonds is 7. The van der Waals surface area contributed by atoms with Crippen molar-refractivity contribution in [1.29, 1.82) is 0 Å². The lowest BCUT2D eigenvalue weighted by molar-refractivity contribution is -0.130. The van der Waals surface area contributed by atoms with Crippen LogP contribution in [-0.4, -0.2) is 52.4 Å². The van der Waals surface area contributed by atoms with Crippen LogP contribution in [0, 0.1) is 12.8 Å². The second-order valence-corrected chi connectivity index (χ2v) is 7.85. The van der Waals surface area contributed by atoms with E-state index in [1.165, 1.54) is 10.4 Å². The Labute approximate surface area is 153 Å². The molecule has 0 bridgehead atoms. The first kappa shape index (κ1) is 18.0. The smallest absolute Gasteiger partial charge is 0.222 e. The molecule has 1 aliphatic heterocycles. The van der Waals surface area contributed by atoms with E-state index in [4.69, 9.17) is 0 Å². The number of nitrogens with zero attached hydrogens (tertiary/aromatic N) is 4. The molecule has 1 fully saturated rings. The van der Waals surface area contributed by atoms with Gasteiger partial charge in [-0.3, -0.25) is 9.78 Å². The lowest BCUT2D eigenvalue weighted by Crippen LogP contribution is -2.31. The fourth-order valence-corrected chi connectivity index (χ4v) is 4.25. The van der Waals surface area contributed by atoms with Gasteiger partial charge < -0.3 is 9.80 Å². The molecule has 0 saturated carbocycles. The van der Waals surface area contributed by atoms with Crippen LogP contribution in [0.2, 0.25) is 0 Å². The summed E-state index contributed by atoms with van der Waals surface area (Å²) < 4.78 is 0. The molecule has 0 spiro atoms. The standard InChI is InChI=1S/C19H26N4OS/c1-15-18(25-14-21-15)13-22(2)11-17-7-10-23(12-17)19(24)4-3-16-5-8-20-9-6-16/h5-6,8-9,14,17H,3-4,7,10-13H2,1-2H3/t17-/m1/s1.